The second-order valence-corrected chi connectivity index (χ2v) is 11.3. The van der Waals surface area contributed by atoms with E-state index in [9.17, 15) is 20.1 Å². The molecule has 1 aliphatic rings. The van der Waals surface area contributed by atoms with Crippen molar-refractivity contribution in [2.75, 3.05) is 0 Å². The van der Waals surface area contributed by atoms with Gasteiger partial charge in [0.2, 0.25) is 5.79 Å². The van der Waals surface area contributed by atoms with Crippen LogP contribution in [0.15, 0.2) is 12.1 Å². The maximum atomic E-state index is 12.4. The Morgan fingerprint density at radius 3 is 1.51 bits per heavy atom. The summed E-state index contributed by atoms with van der Waals surface area (Å²) in [5.74, 6) is -2.36. The number of fused-ring (bicyclic) bond motifs is 1. The number of carbonyl (C=O) groups excluding carboxylic acids is 1. The number of ether oxygens (including phenoxy) is 1. The van der Waals surface area contributed by atoms with Crippen LogP contribution >= 0.6 is 0 Å². The van der Waals surface area contributed by atoms with Gasteiger partial charge in [0.05, 0.1) is 6.42 Å². The van der Waals surface area contributed by atoms with Gasteiger partial charge in [0.15, 0.2) is 5.78 Å². The van der Waals surface area contributed by atoms with Crippen LogP contribution in [0.3, 0.4) is 0 Å². The Morgan fingerprint density at radius 2 is 1.08 bits per heavy atom. The number of unbranched alkanes of at least 4 members (excludes halogenated alkanes) is 20. The highest BCUT2D eigenvalue weighted by Gasteiger charge is 2.40. The van der Waals surface area contributed by atoms with Gasteiger partial charge in [-0.25, -0.2) is 0 Å². The van der Waals surface area contributed by atoms with Gasteiger partial charge in [-0.3, -0.25) is 4.79 Å². The zero-order chi connectivity index (χ0) is 26.8. The Balaban J connectivity index is 1.36. The second kappa shape index (κ2) is 18.5. The van der Waals surface area contributed by atoms with Crippen molar-refractivity contribution < 1.29 is 24.9 Å². The maximum absolute atomic E-state index is 12.4. The van der Waals surface area contributed by atoms with Crippen molar-refractivity contribution >= 4 is 5.78 Å². The van der Waals surface area contributed by atoms with Crippen LogP contribution in [0, 0.1) is 0 Å². The molecule has 1 aliphatic heterocycles. The Hall–Kier alpha value is -1.75. The predicted molar refractivity (Wildman–Crippen MR) is 152 cm³/mol. The molecule has 212 valence electrons. The van der Waals surface area contributed by atoms with Gasteiger partial charge in [-0.2, -0.15) is 0 Å². The molecule has 0 spiro atoms. The van der Waals surface area contributed by atoms with Gasteiger partial charge in [0, 0.05) is 18.6 Å². The van der Waals surface area contributed by atoms with E-state index in [4.69, 9.17) is 4.74 Å². The number of carbonyl (C=O) groups is 1. The summed E-state index contributed by atoms with van der Waals surface area (Å²) in [6.45, 7) is 2.28. The largest absolute Gasteiger partial charge is 0.508 e. The Kier molecular flexibility index (Phi) is 15.7. The third-order valence-corrected chi connectivity index (χ3v) is 7.75. The van der Waals surface area contributed by atoms with E-state index in [2.05, 4.69) is 6.92 Å². The summed E-state index contributed by atoms with van der Waals surface area (Å²) in [6.07, 6.45) is 28.0. The molecule has 0 amide bonds. The summed E-state index contributed by atoms with van der Waals surface area (Å²) in [4.78, 5) is 12.4. The first-order chi connectivity index (χ1) is 17.9. The number of hydrogen-bond donors (Lipinski definition) is 3. The van der Waals surface area contributed by atoms with E-state index in [0.29, 0.717) is 6.42 Å². The summed E-state index contributed by atoms with van der Waals surface area (Å²) in [5, 5.41) is 30.3. The minimum atomic E-state index is -1.56. The van der Waals surface area contributed by atoms with Crippen molar-refractivity contribution in [3.63, 3.8) is 0 Å². The highest BCUT2D eigenvalue weighted by atomic mass is 16.6. The van der Waals surface area contributed by atoms with Crippen LogP contribution in [0.1, 0.15) is 165 Å². The highest BCUT2D eigenvalue weighted by Crippen LogP contribution is 2.41. The van der Waals surface area contributed by atoms with Gasteiger partial charge in [-0.1, -0.05) is 135 Å². The molecular formula is C32H54O5. The van der Waals surface area contributed by atoms with Crippen LogP contribution < -0.4 is 4.74 Å². The van der Waals surface area contributed by atoms with Crippen LogP contribution in [-0.2, 0) is 0 Å². The molecule has 0 saturated carbocycles. The number of benzene rings is 1. The molecule has 0 saturated heterocycles. The molecule has 0 fully saturated rings. The molecule has 1 aromatic rings. The summed E-state index contributed by atoms with van der Waals surface area (Å²) >= 11 is 0. The summed E-state index contributed by atoms with van der Waals surface area (Å²) in [7, 11) is 0. The monoisotopic (exact) mass is 518 g/mol. The van der Waals surface area contributed by atoms with Gasteiger partial charge in [-0.05, 0) is 6.42 Å². The van der Waals surface area contributed by atoms with E-state index in [1.54, 1.807) is 0 Å². The lowest BCUT2D eigenvalue weighted by atomic mass is 9.93. The van der Waals surface area contributed by atoms with E-state index < -0.39 is 5.79 Å². The Bertz CT molecular complexity index is 762. The zero-order valence-corrected chi connectivity index (χ0v) is 23.6. The Labute approximate surface area is 226 Å². The summed E-state index contributed by atoms with van der Waals surface area (Å²) in [5.41, 5.74) is 0.0428. The molecule has 0 aliphatic carbocycles. The zero-order valence-electron chi connectivity index (χ0n) is 23.6. The van der Waals surface area contributed by atoms with E-state index in [-0.39, 0.29) is 35.0 Å². The number of phenolic OH excluding ortho intramolecular Hbond substituents is 2. The third kappa shape index (κ3) is 13.0. The van der Waals surface area contributed by atoms with Crippen LogP contribution in [0.2, 0.25) is 0 Å². The number of hydrogen-bond acceptors (Lipinski definition) is 5. The third-order valence-electron chi connectivity index (χ3n) is 7.75. The summed E-state index contributed by atoms with van der Waals surface area (Å²) < 4.78 is 5.61. The number of aliphatic hydroxyl groups is 1. The SMILES string of the molecule is CCCCCCCCCCCCCCCCCCCCCCC[C@@]1(O)CC(=O)c2c(O)cc(O)cc2O1. The van der Waals surface area contributed by atoms with E-state index >= 15 is 0 Å². The lowest BCUT2D eigenvalue weighted by molar-refractivity contribution is -0.145. The minimum absolute atomic E-state index is 0.0428. The minimum Gasteiger partial charge on any atom is -0.508 e. The molecule has 0 bridgehead atoms. The fraction of sp³-hybridized carbons (Fsp3) is 0.781. The predicted octanol–water partition coefficient (Wildman–Crippen LogP) is 9.35. The van der Waals surface area contributed by atoms with Crippen LogP contribution in [0.5, 0.6) is 17.2 Å². The van der Waals surface area contributed by atoms with Gasteiger partial charge in [-0.15, -0.1) is 0 Å². The number of rotatable bonds is 22. The quantitative estimate of drug-likeness (QED) is 0.133. The lowest BCUT2D eigenvalue weighted by Gasteiger charge is -2.33. The number of phenols is 2. The average molecular weight is 519 g/mol. The van der Waals surface area contributed by atoms with E-state index in [1.165, 1.54) is 122 Å². The van der Waals surface area contributed by atoms with Gasteiger partial charge in [0.1, 0.15) is 22.8 Å². The van der Waals surface area contributed by atoms with E-state index in [1.807, 2.05) is 0 Å². The van der Waals surface area contributed by atoms with E-state index in [0.717, 1.165) is 25.3 Å². The molecule has 1 aromatic carbocycles. The first kappa shape index (κ1) is 31.5. The standard InChI is InChI=1S/C32H54O5/c1-2-3-4-5-6-7-8-9-10-11-12-13-14-15-16-17-18-19-20-21-22-23-32(36)26-29(35)31-28(34)24-27(33)25-30(31)37-32/h24-25,33-34,36H,2-23,26H2,1H3/t32-/m0/s1. The molecule has 1 atom stereocenters. The van der Waals surface area contributed by atoms with Crippen LogP contribution in [0.25, 0.3) is 0 Å². The smallest absolute Gasteiger partial charge is 0.215 e. The fourth-order valence-corrected chi connectivity index (χ4v) is 5.50. The molecule has 5 heteroatoms. The second-order valence-electron chi connectivity index (χ2n) is 11.3. The van der Waals surface area contributed by atoms with Crippen molar-refractivity contribution in [1.29, 1.82) is 0 Å². The van der Waals surface area contributed by atoms with Crippen LogP contribution in [-0.4, -0.2) is 26.9 Å². The van der Waals surface area contributed by atoms with Crippen molar-refractivity contribution in [3.05, 3.63) is 17.7 Å². The number of ketones is 1. The number of Topliss-reactive ketones (excluding diaryl/α,β-unsaturated/α-hetero) is 1. The first-order valence-electron chi connectivity index (χ1n) is 15.5. The molecule has 0 unspecified atom stereocenters. The molecular weight excluding hydrogens is 464 g/mol. The lowest BCUT2D eigenvalue weighted by Crippen LogP contribution is -2.41. The Morgan fingerprint density at radius 1 is 0.676 bits per heavy atom. The first-order valence-corrected chi connectivity index (χ1v) is 15.5. The van der Waals surface area contributed by atoms with Gasteiger partial charge < -0.3 is 20.1 Å². The average Bonchev–Trinajstić information content (AvgIpc) is 2.84. The molecule has 5 nitrogen and oxygen atoms in total. The van der Waals surface area contributed by atoms with Gasteiger partial charge in [0.25, 0.3) is 0 Å². The van der Waals surface area contributed by atoms with Crippen molar-refractivity contribution in [1.82, 2.24) is 0 Å². The topological polar surface area (TPSA) is 87.0 Å². The molecule has 2 rings (SSSR count). The van der Waals surface area contributed by atoms with Crippen molar-refractivity contribution in [2.24, 2.45) is 0 Å². The normalized spacial score (nSPS) is 17.1. The number of aromatic hydroxyl groups is 2. The molecule has 1 heterocycles. The van der Waals surface area contributed by atoms with Gasteiger partial charge >= 0.3 is 0 Å². The maximum Gasteiger partial charge on any atom is 0.215 e. The molecule has 3 N–H and O–H groups in total. The van der Waals surface area contributed by atoms with Crippen molar-refractivity contribution in [2.45, 2.75) is 160 Å². The highest BCUT2D eigenvalue weighted by molar-refractivity contribution is 6.02. The fourth-order valence-electron chi connectivity index (χ4n) is 5.50. The van der Waals surface area contributed by atoms with Crippen molar-refractivity contribution in [3.8, 4) is 17.2 Å². The summed E-state index contributed by atoms with van der Waals surface area (Å²) in [6, 6.07) is 2.39. The molecule has 0 radical (unpaired) electrons. The molecule has 37 heavy (non-hydrogen) atoms. The van der Waals surface area contributed by atoms with Crippen LogP contribution in [0.4, 0.5) is 0 Å². The molecule has 0 aromatic heterocycles.